The average molecular weight is 411 g/mol. The standard InChI is InChI=1S/C23H23ClN2O3/c1-13-10-11-15-17(12-13)23(29)26(22(15)28)20-9-4-3-6-16(20)21(27)25-19-8-5-7-18(24)14(19)2/h3-9,13,15,17H,10-12H2,1-2H3,(H,25,27)/t13-,15-,17-/m1/s1. The largest absolute Gasteiger partial charge is 0.322 e. The van der Waals surface area contributed by atoms with Crippen LogP contribution in [0.2, 0.25) is 5.02 Å². The third-order valence-electron chi connectivity index (χ3n) is 6.09. The number of anilines is 2. The van der Waals surface area contributed by atoms with Gasteiger partial charge in [0, 0.05) is 10.7 Å². The monoisotopic (exact) mass is 410 g/mol. The Labute approximate surface area is 175 Å². The lowest BCUT2D eigenvalue weighted by Gasteiger charge is -2.25. The predicted octanol–water partition coefficient (Wildman–Crippen LogP) is 4.83. The van der Waals surface area contributed by atoms with Gasteiger partial charge in [-0.3, -0.25) is 14.4 Å². The summed E-state index contributed by atoms with van der Waals surface area (Å²) in [6.07, 6.45) is 2.40. The lowest BCUT2D eigenvalue weighted by molar-refractivity contribution is -0.122. The van der Waals surface area contributed by atoms with Gasteiger partial charge in [0.15, 0.2) is 0 Å². The minimum absolute atomic E-state index is 0.189. The van der Waals surface area contributed by atoms with E-state index in [-0.39, 0.29) is 29.6 Å². The van der Waals surface area contributed by atoms with E-state index in [0.717, 1.165) is 24.8 Å². The summed E-state index contributed by atoms with van der Waals surface area (Å²) < 4.78 is 0. The lowest BCUT2D eigenvalue weighted by atomic mass is 9.76. The molecule has 1 aliphatic heterocycles. The summed E-state index contributed by atoms with van der Waals surface area (Å²) in [6.45, 7) is 3.94. The van der Waals surface area contributed by atoms with E-state index < -0.39 is 0 Å². The molecule has 4 rings (SSSR count). The molecule has 0 unspecified atom stereocenters. The van der Waals surface area contributed by atoms with Gasteiger partial charge in [-0.2, -0.15) is 0 Å². The molecular weight excluding hydrogens is 388 g/mol. The third-order valence-corrected chi connectivity index (χ3v) is 6.50. The molecule has 2 aromatic carbocycles. The average Bonchev–Trinajstić information content (AvgIpc) is 2.95. The lowest BCUT2D eigenvalue weighted by Crippen LogP contribution is -2.33. The zero-order valence-corrected chi connectivity index (χ0v) is 17.2. The number of rotatable bonds is 3. The molecule has 5 nitrogen and oxygen atoms in total. The molecule has 0 spiro atoms. The molecule has 0 bridgehead atoms. The number of hydrogen-bond donors (Lipinski definition) is 1. The van der Waals surface area contributed by atoms with Crippen LogP contribution in [0.3, 0.4) is 0 Å². The molecule has 1 saturated heterocycles. The van der Waals surface area contributed by atoms with Gasteiger partial charge in [-0.05, 0) is 61.9 Å². The van der Waals surface area contributed by atoms with E-state index in [4.69, 9.17) is 11.6 Å². The van der Waals surface area contributed by atoms with Gasteiger partial charge in [0.1, 0.15) is 0 Å². The molecule has 2 fully saturated rings. The Morgan fingerprint density at radius 1 is 1.03 bits per heavy atom. The number of benzene rings is 2. The van der Waals surface area contributed by atoms with Gasteiger partial charge in [-0.15, -0.1) is 0 Å². The summed E-state index contributed by atoms with van der Waals surface area (Å²) in [6, 6.07) is 12.0. The van der Waals surface area contributed by atoms with Gasteiger partial charge in [-0.1, -0.05) is 36.7 Å². The fourth-order valence-corrected chi connectivity index (χ4v) is 4.59. The van der Waals surface area contributed by atoms with E-state index in [2.05, 4.69) is 12.2 Å². The molecule has 0 radical (unpaired) electrons. The minimum atomic E-state index is -0.380. The first-order valence-electron chi connectivity index (χ1n) is 9.91. The Bertz CT molecular complexity index is 1000. The second-order valence-electron chi connectivity index (χ2n) is 8.03. The number of imide groups is 1. The SMILES string of the molecule is Cc1c(Cl)cccc1NC(=O)c1ccccc1N1C(=O)[C@@H]2CC[C@@H](C)C[C@H]2C1=O. The number of nitrogens with one attached hydrogen (secondary N) is 1. The second-order valence-corrected chi connectivity index (χ2v) is 8.43. The highest BCUT2D eigenvalue weighted by Gasteiger charge is 2.50. The van der Waals surface area contributed by atoms with Crippen LogP contribution in [0, 0.1) is 24.7 Å². The molecule has 1 saturated carbocycles. The molecule has 29 heavy (non-hydrogen) atoms. The van der Waals surface area contributed by atoms with Crippen molar-refractivity contribution in [3.8, 4) is 0 Å². The highest BCUT2D eigenvalue weighted by molar-refractivity contribution is 6.32. The Balaban J connectivity index is 1.67. The smallest absolute Gasteiger partial charge is 0.257 e. The Kier molecular flexibility index (Phi) is 5.17. The zero-order chi connectivity index (χ0) is 20.7. The normalized spacial score (nSPS) is 23.8. The predicted molar refractivity (Wildman–Crippen MR) is 113 cm³/mol. The first kappa shape index (κ1) is 19.6. The number of halogens is 1. The number of fused-ring (bicyclic) bond motifs is 1. The first-order chi connectivity index (χ1) is 13.9. The molecule has 6 heteroatoms. The number of carbonyl (C=O) groups excluding carboxylic acids is 3. The number of amides is 3. The summed E-state index contributed by atoms with van der Waals surface area (Å²) in [5.41, 5.74) is 1.99. The molecule has 1 aliphatic carbocycles. The number of hydrogen-bond acceptors (Lipinski definition) is 3. The van der Waals surface area contributed by atoms with E-state index in [1.54, 1.807) is 42.5 Å². The minimum Gasteiger partial charge on any atom is -0.322 e. The molecule has 2 aromatic rings. The van der Waals surface area contributed by atoms with Gasteiger partial charge in [0.25, 0.3) is 5.91 Å². The van der Waals surface area contributed by atoms with Gasteiger partial charge in [0.05, 0.1) is 23.1 Å². The van der Waals surface area contributed by atoms with Crippen molar-refractivity contribution in [1.29, 1.82) is 0 Å². The van der Waals surface area contributed by atoms with Crippen molar-refractivity contribution < 1.29 is 14.4 Å². The van der Waals surface area contributed by atoms with E-state index >= 15 is 0 Å². The van der Waals surface area contributed by atoms with E-state index in [0.29, 0.717) is 27.9 Å². The molecule has 3 atom stereocenters. The topological polar surface area (TPSA) is 66.5 Å². The second kappa shape index (κ2) is 7.64. The summed E-state index contributed by atoms with van der Waals surface area (Å²) >= 11 is 6.15. The van der Waals surface area contributed by atoms with Crippen molar-refractivity contribution in [3.63, 3.8) is 0 Å². The van der Waals surface area contributed by atoms with Crippen LogP contribution in [-0.2, 0) is 9.59 Å². The zero-order valence-electron chi connectivity index (χ0n) is 16.4. The maximum Gasteiger partial charge on any atom is 0.257 e. The van der Waals surface area contributed by atoms with Gasteiger partial charge < -0.3 is 5.32 Å². The fourth-order valence-electron chi connectivity index (χ4n) is 4.42. The molecular formula is C23H23ClN2O3. The van der Waals surface area contributed by atoms with Crippen LogP contribution in [-0.4, -0.2) is 17.7 Å². The maximum atomic E-state index is 13.1. The van der Waals surface area contributed by atoms with Crippen LogP contribution in [0.4, 0.5) is 11.4 Å². The summed E-state index contributed by atoms with van der Waals surface area (Å²) in [5, 5.41) is 3.41. The van der Waals surface area contributed by atoms with Crippen LogP contribution in [0.5, 0.6) is 0 Å². The molecule has 2 aliphatic rings. The van der Waals surface area contributed by atoms with Crippen LogP contribution in [0.1, 0.15) is 42.1 Å². The van der Waals surface area contributed by atoms with Crippen LogP contribution >= 0.6 is 11.6 Å². The number of nitrogens with zero attached hydrogens (tertiary/aromatic N) is 1. The summed E-state index contributed by atoms with van der Waals surface area (Å²) in [4.78, 5) is 40.4. The molecule has 3 amide bonds. The highest BCUT2D eigenvalue weighted by atomic mass is 35.5. The summed E-state index contributed by atoms with van der Waals surface area (Å²) in [5.74, 6) is -0.883. The molecule has 1 heterocycles. The Morgan fingerprint density at radius 3 is 2.55 bits per heavy atom. The quantitative estimate of drug-likeness (QED) is 0.737. The Hall–Kier alpha value is -2.66. The van der Waals surface area contributed by atoms with Crippen molar-refractivity contribution in [2.45, 2.75) is 33.1 Å². The van der Waals surface area contributed by atoms with E-state index in [1.807, 2.05) is 6.92 Å². The van der Waals surface area contributed by atoms with E-state index in [9.17, 15) is 14.4 Å². The van der Waals surface area contributed by atoms with Crippen molar-refractivity contribution >= 4 is 40.7 Å². The van der Waals surface area contributed by atoms with Crippen LogP contribution < -0.4 is 10.2 Å². The Morgan fingerprint density at radius 2 is 1.76 bits per heavy atom. The van der Waals surface area contributed by atoms with Gasteiger partial charge in [0.2, 0.25) is 11.8 Å². The fraction of sp³-hybridized carbons (Fsp3) is 0.348. The number of para-hydroxylation sites is 1. The van der Waals surface area contributed by atoms with Crippen LogP contribution in [0.25, 0.3) is 0 Å². The van der Waals surface area contributed by atoms with Gasteiger partial charge in [-0.25, -0.2) is 4.90 Å². The van der Waals surface area contributed by atoms with Crippen molar-refractivity contribution in [2.24, 2.45) is 17.8 Å². The van der Waals surface area contributed by atoms with Crippen LogP contribution in [0.15, 0.2) is 42.5 Å². The first-order valence-corrected chi connectivity index (χ1v) is 10.3. The summed E-state index contributed by atoms with van der Waals surface area (Å²) in [7, 11) is 0. The number of carbonyl (C=O) groups is 3. The van der Waals surface area contributed by atoms with E-state index in [1.165, 1.54) is 4.90 Å². The molecule has 1 N–H and O–H groups in total. The molecule has 0 aromatic heterocycles. The third kappa shape index (κ3) is 3.44. The van der Waals surface area contributed by atoms with Crippen molar-refractivity contribution in [2.75, 3.05) is 10.2 Å². The van der Waals surface area contributed by atoms with Crippen molar-refractivity contribution in [1.82, 2.24) is 0 Å². The van der Waals surface area contributed by atoms with Gasteiger partial charge >= 0.3 is 0 Å². The molecule has 150 valence electrons. The van der Waals surface area contributed by atoms with Crippen molar-refractivity contribution in [3.05, 3.63) is 58.6 Å². The highest BCUT2D eigenvalue weighted by Crippen LogP contribution is 2.42. The maximum absolute atomic E-state index is 13.1.